The van der Waals surface area contributed by atoms with E-state index >= 15 is 0 Å². The summed E-state index contributed by atoms with van der Waals surface area (Å²) in [7, 11) is 0. The van der Waals surface area contributed by atoms with Gasteiger partial charge in [0.25, 0.3) is 0 Å². The molecule has 0 saturated heterocycles. The molecule has 2 aromatic carbocycles. The maximum Gasteiger partial charge on any atom is 0.331 e. The van der Waals surface area contributed by atoms with E-state index in [2.05, 4.69) is 95.6 Å². The van der Waals surface area contributed by atoms with Crippen LogP contribution in [0.15, 0.2) is 63.3 Å². The highest BCUT2D eigenvalue weighted by molar-refractivity contribution is 9.12. The first kappa shape index (κ1) is 27.8. The van der Waals surface area contributed by atoms with Gasteiger partial charge in [-0.2, -0.15) is 0 Å². The zero-order valence-corrected chi connectivity index (χ0v) is 25.5. The van der Waals surface area contributed by atoms with Crippen LogP contribution in [-0.2, 0) is 19.1 Å². The molecule has 0 fully saturated rings. The van der Waals surface area contributed by atoms with Crippen molar-refractivity contribution in [2.24, 2.45) is 0 Å². The Morgan fingerprint density at radius 1 is 0.594 bits per heavy atom. The minimum Gasteiger partial charge on any atom is -0.488 e. The summed E-state index contributed by atoms with van der Waals surface area (Å²) in [6.07, 6.45) is 1.99. The molecule has 172 valence electrons. The third-order valence-electron chi connectivity index (χ3n) is 3.43. The fourth-order valence-corrected chi connectivity index (χ4v) is 7.11. The Balaban J connectivity index is 1.65. The first-order valence-electron chi connectivity index (χ1n) is 8.73. The summed E-state index contributed by atoms with van der Waals surface area (Å²) < 4.78 is 25.9. The summed E-state index contributed by atoms with van der Waals surface area (Å²) in [5.41, 5.74) is 0. The van der Waals surface area contributed by atoms with Gasteiger partial charge in [0.2, 0.25) is 0 Å². The molecule has 2 rings (SSSR count). The fraction of sp³-hybridized carbons (Fsp3) is 0.200. The van der Waals surface area contributed by atoms with Crippen LogP contribution in [0.2, 0.25) is 0 Å². The van der Waals surface area contributed by atoms with Crippen LogP contribution >= 0.6 is 95.6 Å². The van der Waals surface area contributed by atoms with E-state index in [9.17, 15) is 9.59 Å². The molecule has 0 heterocycles. The topological polar surface area (TPSA) is 71.1 Å². The lowest BCUT2D eigenvalue weighted by molar-refractivity contribution is -0.141. The van der Waals surface area contributed by atoms with Crippen molar-refractivity contribution in [2.75, 3.05) is 26.4 Å². The number of halogens is 6. The Labute approximate surface area is 235 Å². The fourth-order valence-electron chi connectivity index (χ4n) is 2.14. The summed E-state index contributed by atoms with van der Waals surface area (Å²) in [4.78, 5) is 23.4. The molecular formula is C20H14Br6O6. The van der Waals surface area contributed by atoms with Crippen LogP contribution in [0.25, 0.3) is 0 Å². The summed E-state index contributed by atoms with van der Waals surface area (Å²) >= 11 is 20.3. The van der Waals surface area contributed by atoms with E-state index in [-0.39, 0.29) is 26.4 Å². The molecule has 0 spiro atoms. The van der Waals surface area contributed by atoms with E-state index in [0.717, 1.165) is 39.0 Å². The van der Waals surface area contributed by atoms with Crippen molar-refractivity contribution in [1.29, 1.82) is 0 Å². The molecule has 0 atom stereocenters. The molecule has 0 aliphatic carbocycles. The third kappa shape index (κ3) is 9.46. The molecule has 0 radical (unpaired) electrons. The summed E-state index contributed by atoms with van der Waals surface area (Å²) in [5.74, 6) is -0.183. The van der Waals surface area contributed by atoms with Crippen LogP contribution in [0.3, 0.4) is 0 Å². The van der Waals surface area contributed by atoms with Crippen molar-refractivity contribution in [3.8, 4) is 11.5 Å². The van der Waals surface area contributed by atoms with Gasteiger partial charge in [-0.25, -0.2) is 9.59 Å². The molecular weight excluding hydrogens is 816 g/mol. The number of hydrogen-bond donors (Lipinski definition) is 0. The van der Waals surface area contributed by atoms with E-state index in [1.165, 1.54) is 0 Å². The Morgan fingerprint density at radius 3 is 1.22 bits per heavy atom. The molecule has 12 heteroatoms. The number of rotatable bonds is 10. The normalized spacial score (nSPS) is 10.8. The number of hydrogen-bond acceptors (Lipinski definition) is 6. The first-order chi connectivity index (χ1) is 15.2. The van der Waals surface area contributed by atoms with Crippen molar-refractivity contribution in [2.45, 2.75) is 0 Å². The maximum absolute atomic E-state index is 11.7. The van der Waals surface area contributed by atoms with Gasteiger partial charge in [0.1, 0.15) is 37.9 Å². The van der Waals surface area contributed by atoms with E-state index in [1.54, 1.807) is 0 Å². The molecule has 6 nitrogen and oxygen atoms in total. The zero-order valence-electron chi connectivity index (χ0n) is 16.0. The van der Waals surface area contributed by atoms with Crippen LogP contribution in [0.5, 0.6) is 11.5 Å². The Morgan fingerprint density at radius 2 is 0.906 bits per heavy atom. The molecule has 0 N–H and O–H groups in total. The van der Waals surface area contributed by atoms with Gasteiger partial charge < -0.3 is 18.9 Å². The lowest BCUT2D eigenvalue weighted by Crippen LogP contribution is -2.13. The largest absolute Gasteiger partial charge is 0.488 e. The second kappa shape index (κ2) is 14.1. The average molecular weight is 830 g/mol. The van der Waals surface area contributed by atoms with Gasteiger partial charge in [0.15, 0.2) is 0 Å². The van der Waals surface area contributed by atoms with Gasteiger partial charge in [0, 0.05) is 21.1 Å². The second-order valence-electron chi connectivity index (χ2n) is 5.76. The zero-order chi connectivity index (χ0) is 23.7. The van der Waals surface area contributed by atoms with Gasteiger partial charge in [-0.15, -0.1) is 0 Å². The SMILES string of the molecule is O=C(/C=C\C(=O)OCCOc1c(Br)cc(Br)cc1Br)OCCOc1c(Br)cc(Br)cc1Br. The van der Waals surface area contributed by atoms with E-state index in [1.807, 2.05) is 24.3 Å². The Bertz CT molecular complexity index is 885. The maximum atomic E-state index is 11.7. The highest BCUT2D eigenvalue weighted by Gasteiger charge is 2.10. The second-order valence-corrected chi connectivity index (χ2v) is 11.0. The average Bonchev–Trinajstić information content (AvgIpc) is 2.69. The quantitative estimate of drug-likeness (QED) is 0.142. The molecule has 0 unspecified atom stereocenters. The van der Waals surface area contributed by atoms with Crippen LogP contribution < -0.4 is 9.47 Å². The third-order valence-corrected chi connectivity index (χ3v) is 6.70. The summed E-state index contributed by atoms with van der Waals surface area (Å²) in [5, 5.41) is 0. The predicted molar refractivity (Wildman–Crippen MR) is 141 cm³/mol. The predicted octanol–water partition coefficient (Wildman–Crippen LogP) is 7.36. The lowest BCUT2D eigenvalue weighted by Gasteiger charge is -2.11. The molecule has 0 aliphatic heterocycles. The van der Waals surface area contributed by atoms with Gasteiger partial charge in [0.05, 0.1) is 17.9 Å². The van der Waals surface area contributed by atoms with Gasteiger partial charge in [-0.3, -0.25) is 0 Å². The van der Waals surface area contributed by atoms with Gasteiger partial charge >= 0.3 is 11.9 Å². The minimum atomic E-state index is -0.682. The van der Waals surface area contributed by atoms with E-state index < -0.39 is 11.9 Å². The standard InChI is InChI=1S/C20H14Br6O6/c21-11-7-13(23)19(14(24)8-11)31-5-3-29-17(27)1-2-18(28)30-4-6-32-20-15(25)9-12(22)10-16(20)26/h1-2,7-10H,3-6H2/b2-1-. The van der Waals surface area contributed by atoms with E-state index in [4.69, 9.17) is 18.9 Å². The Kier molecular flexibility index (Phi) is 12.3. The molecule has 0 aliphatic rings. The number of carbonyl (C=O) groups is 2. The number of carbonyl (C=O) groups excluding carboxylic acids is 2. The monoisotopic (exact) mass is 824 g/mol. The lowest BCUT2D eigenvalue weighted by atomic mass is 10.3. The number of benzene rings is 2. The highest BCUT2D eigenvalue weighted by atomic mass is 79.9. The highest BCUT2D eigenvalue weighted by Crippen LogP contribution is 2.37. The number of ether oxygens (including phenoxy) is 4. The molecule has 0 amide bonds. The van der Waals surface area contributed by atoms with Gasteiger partial charge in [-0.05, 0) is 88.0 Å². The number of esters is 2. The van der Waals surface area contributed by atoms with Crippen LogP contribution in [0, 0.1) is 0 Å². The Hall–Kier alpha value is -0.400. The molecule has 0 bridgehead atoms. The summed E-state index contributed by atoms with van der Waals surface area (Å²) in [6.45, 7) is 0.304. The summed E-state index contributed by atoms with van der Waals surface area (Å²) in [6, 6.07) is 7.34. The first-order valence-corrected chi connectivity index (χ1v) is 13.5. The molecule has 2 aromatic rings. The van der Waals surface area contributed by atoms with Crippen molar-refractivity contribution < 1.29 is 28.5 Å². The van der Waals surface area contributed by atoms with Crippen molar-refractivity contribution >= 4 is 108 Å². The van der Waals surface area contributed by atoms with Crippen LogP contribution in [0.1, 0.15) is 0 Å². The van der Waals surface area contributed by atoms with Crippen LogP contribution in [-0.4, -0.2) is 38.4 Å². The van der Waals surface area contributed by atoms with Crippen molar-refractivity contribution in [3.05, 3.63) is 63.3 Å². The smallest absolute Gasteiger partial charge is 0.331 e. The van der Waals surface area contributed by atoms with Crippen molar-refractivity contribution in [3.63, 3.8) is 0 Å². The minimum absolute atomic E-state index is 0.0119. The molecule has 32 heavy (non-hydrogen) atoms. The van der Waals surface area contributed by atoms with Crippen LogP contribution in [0.4, 0.5) is 0 Å². The van der Waals surface area contributed by atoms with Crippen molar-refractivity contribution in [1.82, 2.24) is 0 Å². The van der Waals surface area contributed by atoms with Gasteiger partial charge in [-0.1, -0.05) is 31.9 Å². The molecule has 0 saturated carbocycles. The van der Waals surface area contributed by atoms with E-state index in [0.29, 0.717) is 11.5 Å². The molecule has 0 aromatic heterocycles.